The van der Waals surface area contributed by atoms with E-state index in [2.05, 4.69) is 23.5 Å². The number of thioether (sulfide) groups is 1. The fourth-order valence-electron chi connectivity index (χ4n) is 3.27. The number of carbonyl (C=O) groups excluding carboxylic acids is 2. The summed E-state index contributed by atoms with van der Waals surface area (Å²) in [4.78, 5) is 26.1. The normalized spacial score (nSPS) is 20.3. The molecule has 1 aliphatic carbocycles. The van der Waals surface area contributed by atoms with Gasteiger partial charge in [-0.25, -0.2) is 0 Å². The topological polar surface area (TPSA) is 58.6 Å². The fraction of sp³-hybridized carbons (Fsp3) is 0.556. The van der Waals surface area contributed by atoms with E-state index in [9.17, 15) is 9.59 Å². The van der Waals surface area contributed by atoms with E-state index in [0.29, 0.717) is 37.8 Å². The first-order chi connectivity index (χ1) is 11.7. The van der Waals surface area contributed by atoms with Crippen LogP contribution in [0.5, 0.6) is 0 Å². The SMILES string of the molecule is O=C(CSCC(=O)N1CCOCC1)NC1CCCc2ccccc21. The van der Waals surface area contributed by atoms with Crippen LogP contribution in [0.4, 0.5) is 0 Å². The molecule has 0 saturated carbocycles. The van der Waals surface area contributed by atoms with Crippen LogP contribution in [0.1, 0.15) is 30.0 Å². The lowest BCUT2D eigenvalue weighted by Crippen LogP contribution is -2.41. The minimum atomic E-state index is 0.0106. The number of carbonyl (C=O) groups is 2. The van der Waals surface area contributed by atoms with Gasteiger partial charge in [0.2, 0.25) is 11.8 Å². The Morgan fingerprint density at radius 2 is 2.00 bits per heavy atom. The van der Waals surface area contributed by atoms with Crippen molar-refractivity contribution in [3.05, 3.63) is 35.4 Å². The van der Waals surface area contributed by atoms with Crippen molar-refractivity contribution in [1.29, 1.82) is 0 Å². The number of amides is 2. The van der Waals surface area contributed by atoms with Crippen molar-refractivity contribution in [2.24, 2.45) is 0 Å². The molecular formula is C18H24N2O3S. The molecule has 6 heteroatoms. The molecule has 1 aromatic carbocycles. The van der Waals surface area contributed by atoms with Crippen LogP contribution >= 0.6 is 11.8 Å². The lowest BCUT2D eigenvalue weighted by Gasteiger charge is -2.27. The molecule has 1 unspecified atom stereocenters. The standard InChI is InChI=1S/C18H24N2O3S/c21-17(12-24-13-18(22)20-8-10-23-11-9-20)19-16-7-3-5-14-4-1-2-6-15(14)16/h1-2,4,6,16H,3,5,7-13H2,(H,19,21). The molecule has 0 bridgehead atoms. The molecule has 1 aromatic rings. The molecule has 1 fully saturated rings. The van der Waals surface area contributed by atoms with E-state index in [-0.39, 0.29) is 17.9 Å². The number of fused-ring (bicyclic) bond motifs is 1. The summed E-state index contributed by atoms with van der Waals surface area (Å²) in [6.07, 6.45) is 3.18. The maximum atomic E-state index is 12.2. The number of hydrogen-bond donors (Lipinski definition) is 1. The highest BCUT2D eigenvalue weighted by molar-refractivity contribution is 8.00. The first-order valence-corrected chi connectivity index (χ1v) is 9.70. The summed E-state index contributed by atoms with van der Waals surface area (Å²) in [5.41, 5.74) is 2.58. The molecule has 0 aromatic heterocycles. The zero-order valence-corrected chi connectivity index (χ0v) is 14.6. The van der Waals surface area contributed by atoms with Gasteiger partial charge in [-0.1, -0.05) is 24.3 Å². The maximum absolute atomic E-state index is 12.2. The summed E-state index contributed by atoms with van der Waals surface area (Å²) >= 11 is 1.39. The Morgan fingerprint density at radius 1 is 1.21 bits per heavy atom. The molecule has 1 saturated heterocycles. The predicted molar refractivity (Wildman–Crippen MR) is 95.0 cm³/mol. The van der Waals surface area contributed by atoms with Crippen LogP contribution in [-0.2, 0) is 20.7 Å². The van der Waals surface area contributed by atoms with Gasteiger partial charge in [0, 0.05) is 13.1 Å². The third-order valence-corrected chi connectivity index (χ3v) is 5.44. The minimum absolute atomic E-state index is 0.0106. The molecule has 1 aliphatic heterocycles. The Balaban J connectivity index is 1.42. The Kier molecular flexibility index (Phi) is 6.15. The van der Waals surface area contributed by atoms with E-state index in [1.54, 1.807) is 0 Å². The van der Waals surface area contributed by atoms with Crippen molar-refractivity contribution in [3.8, 4) is 0 Å². The number of nitrogens with zero attached hydrogens (tertiary/aromatic N) is 1. The highest BCUT2D eigenvalue weighted by atomic mass is 32.2. The van der Waals surface area contributed by atoms with Gasteiger partial charge in [-0.3, -0.25) is 9.59 Å². The molecular weight excluding hydrogens is 324 g/mol. The van der Waals surface area contributed by atoms with E-state index in [0.717, 1.165) is 19.3 Å². The molecule has 5 nitrogen and oxygen atoms in total. The van der Waals surface area contributed by atoms with E-state index in [4.69, 9.17) is 4.74 Å². The number of hydrogen-bond acceptors (Lipinski definition) is 4. The van der Waals surface area contributed by atoms with Gasteiger partial charge in [-0.05, 0) is 30.4 Å². The number of rotatable bonds is 5. The number of aryl methyl sites for hydroxylation is 1. The third-order valence-electron chi connectivity index (χ3n) is 4.53. The largest absolute Gasteiger partial charge is 0.378 e. The third kappa shape index (κ3) is 4.51. The van der Waals surface area contributed by atoms with Crippen molar-refractivity contribution in [2.75, 3.05) is 37.8 Å². The molecule has 0 spiro atoms. The van der Waals surface area contributed by atoms with Gasteiger partial charge in [0.1, 0.15) is 0 Å². The zero-order valence-electron chi connectivity index (χ0n) is 13.8. The lowest BCUT2D eigenvalue weighted by molar-refractivity contribution is -0.132. The van der Waals surface area contributed by atoms with Gasteiger partial charge in [0.15, 0.2) is 0 Å². The molecule has 2 aliphatic rings. The summed E-state index contributed by atoms with van der Waals surface area (Å²) < 4.78 is 5.24. The molecule has 1 atom stereocenters. The van der Waals surface area contributed by atoms with Crippen molar-refractivity contribution in [1.82, 2.24) is 10.2 Å². The highest BCUT2D eigenvalue weighted by Gasteiger charge is 2.22. The number of benzene rings is 1. The second kappa shape index (κ2) is 8.53. The summed E-state index contributed by atoms with van der Waals surface area (Å²) in [7, 11) is 0. The van der Waals surface area contributed by atoms with Crippen LogP contribution in [0.3, 0.4) is 0 Å². The molecule has 3 rings (SSSR count). The zero-order chi connectivity index (χ0) is 16.8. The van der Waals surface area contributed by atoms with Crippen LogP contribution < -0.4 is 5.32 Å². The molecule has 130 valence electrons. The van der Waals surface area contributed by atoms with Gasteiger partial charge in [-0.2, -0.15) is 0 Å². The van der Waals surface area contributed by atoms with E-state index in [1.165, 1.54) is 22.9 Å². The number of morpholine rings is 1. The quantitative estimate of drug-likeness (QED) is 0.881. The second-order valence-corrected chi connectivity index (χ2v) is 7.18. The minimum Gasteiger partial charge on any atom is -0.378 e. The molecule has 1 heterocycles. The Bertz CT molecular complexity index is 587. The van der Waals surface area contributed by atoms with Crippen molar-refractivity contribution in [3.63, 3.8) is 0 Å². The molecule has 24 heavy (non-hydrogen) atoms. The van der Waals surface area contributed by atoms with Crippen molar-refractivity contribution >= 4 is 23.6 Å². The Labute approximate surface area is 147 Å². The average Bonchev–Trinajstić information content (AvgIpc) is 2.63. The highest BCUT2D eigenvalue weighted by Crippen LogP contribution is 2.29. The van der Waals surface area contributed by atoms with Crippen LogP contribution in [-0.4, -0.2) is 54.5 Å². The summed E-state index contributed by atoms with van der Waals surface area (Å²) in [5.74, 6) is 0.791. The smallest absolute Gasteiger partial charge is 0.232 e. The first-order valence-electron chi connectivity index (χ1n) is 8.54. The molecule has 2 amide bonds. The maximum Gasteiger partial charge on any atom is 0.232 e. The van der Waals surface area contributed by atoms with Crippen LogP contribution in [0.25, 0.3) is 0 Å². The second-order valence-electron chi connectivity index (χ2n) is 6.20. The van der Waals surface area contributed by atoms with Crippen LogP contribution in [0, 0.1) is 0 Å². The molecule has 0 radical (unpaired) electrons. The first kappa shape index (κ1) is 17.3. The van der Waals surface area contributed by atoms with Gasteiger partial charge < -0.3 is 15.0 Å². The van der Waals surface area contributed by atoms with Crippen molar-refractivity contribution < 1.29 is 14.3 Å². The predicted octanol–water partition coefficient (Wildman–Crippen LogP) is 1.77. The van der Waals surface area contributed by atoms with Gasteiger partial charge in [0.05, 0.1) is 30.8 Å². The molecule has 1 N–H and O–H groups in total. The Hall–Kier alpha value is -1.53. The monoisotopic (exact) mass is 348 g/mol. The van der Waals surface area contributed by atoms with E-state index >= 15 is 0 Å². The number of nitrogens with one attached hydrogen (secondary N) is 1. The van der Waals surface area contributed by atoms with E-state index in [1.807, 2.05) is 11.0 Å². The lowest BCUT2D eigenvalue weighted by atomic mass is 9.88. The van der Waals surface area contributed by atoms with Gasteiger partial charge in [0.25, 0.3) is 0 Å². The van der Waals surface area contributed by atoms with Crippen LogP contribution in [0.15, 0.2) is 24.3 Å². The summed E-state index contributed by atoms with van der Waals surface area (Å²) in [6, 6.07) is 8.44. The number of ether oxygens (including phenoxy) is 1. The van der Waals surface area contributed by atoms with Gasteiger partial charge in [-0.15, -0.1) is 11.8 Å². The van der Waals surface area contributed by atoms with Gasteiger partial charge >= 0.3 is 0 Å². The van der Waals surface area contributed by atoms with E-state index < -0.39 is 0 Å². The average molecular weight is 348 g/mol. The van der Waals surface area contributed by atoms with Crippen molar-refractivity contribution in [2.45, 2.75) is 25.3 Å². The van der Waals surface area contributed by atoms with Crippen LogP contribution in [0.2, 0.25) is 0 Å². The summed E-state index contributed by atoms with van der Waals surface area (Å²) in [6.45, 7) is 2.53. The fourth-order valence-corrected chi connectivity index (χ4v) is 4.00. The summed E-state index contributed by atoms with van der Waals surface area (Å²) in [5, 5.41) is 3.12. The Morgan fingerprint density at radius 3 is 2.83 bits per heavy atom.